The zero-order chi connectivity index (χ0) is 30.0. The van der Waals surface area contributed by atoms with Crippen LogP contribution in [0.3, 0.4) is 0 Å². The minimum absolute atomic E-state index is 0.0464. The number of carbonyl (C=O) groups is 1. The summed E-state index contributed by atoms with van der Waals surface area (Å²) in [6.45, 7) is 9.45. The molecule has 220 valence electrons. The molecule has 1 heterocycles. The van der Waals surface area contributed by atoms with Crippen LogP contribution in [0.25, 0.3) is 17.1 Å². The van der Waals surface area contributed by atoms with E-state index in [0.717, 1.165) is 41.2 Å². The Hall–Kier alpha value is -4.11. The fraction of sp³-hybridized carbons (Fsp3) is 0.333. The summed E-state index contributed by atoms with van der Waals surface area (Å²) in [7, 11) is 1.64. The lowest BCUT2D eigenvalue weighted by molar-refractivity contribution is -0.118. The van der Waals surface area contributed by atoms with Gasteiger partial charge in [-0.1, -0.05) is 76.6 Å². The number of aromatic nitrogens is 3. The summed E-state index contributed by atoms with van der Waals surface area (Å²) in [6.07, 6.45) is 4.99. The molecule has 0 aliphatic heterocycles. The molecule has 0 radical (unpaired) electrons. The van der Waals surface area contributed by atoms with Crippen molar-refractivity contribution in [3.63, 3.8) is 0 Å². The van der Waals surface area contributed by atoms with Crippen molar-refractivity contribution in [3.8, 4) is 28.6 Å². The Morgan fingerprint density at radius 3 is 2.29 bits per heavy atom. The van der Waals surface area contributed by atoms with Crippen LogP contribution < -0.4 is 14.9 Å². The Kier molecular flexibility index (Phi) is 10.8. The maximum Gasteiger partial charge on any atom is 0.250 e. The third-order valence-corrected chi connectivity index (χ3v) is 7.53. The first-order valence-corrected chi connectivity index (χ1v) is 15.2. The van der Waals surface area contributed by atoms with Crippen molar-refractivity contribution >= 4 is 23.9 Å². The van der Waals surface area contributed by atoms with E-state index in [0.29, 0.717) is 17.6 Å². The number of methoxy groups -OCH3 is 1. The number of thioether (sulfide) groups is 1. The van der Waals surface area contributed by atoms with Crippen molar-refractivity contribution in [3.05, 3.63) is 83.9 Å². The lowest BCUT2D eigenvalue weighted by Crippen LogP contribution is -2.20. The average molecular weight is 586 g/mol. The molecule has 0 bridgehead atoms. The molecule has 0 aliphatic carbocycles. The lowest BCUT2D eigenvalue weighted by atomic mass is 9.87. The van der Waals surface area contributed by atoms with E-state index in [-0.39, 0.29) is 17.1 Å². The number of amides is 1. The number of nitrogens with one attached hydrogen (secondary N) is 1. The monoisotopic (exact) mass is 585 g/mol. The molecule has 8 nitrogen and oxygen atoms in total. The number of benzene rings is 3. The van der Waals surface area contributed by atoms with E-state index in [1.807, 2.05) is 53.1 Å². The quantitative estimate of drug-likeness (QED) is 0.0783. The highest BCUT2D eigenvalue weighted by atomic mass is 32.2. The third-order valence-electron chi connectivity index (χ3n) is 6.61. The Morgan fingerprint density at radius 2 is 1.64 bits per heavy atom. The first kappa shape index (κ1) is 30.8. The Balaban J connectivity index is 1.42. The molecule has 0 fully saturated rings. The van der Waals surface area contributed by atoms with Gasteiger partial charge in [0, 0.05) is 11.3 Å². The fourth-order valence-corrected chi connectivity index (χ4v) is 4.91. The van der Waals surface area contributed by atoms with Gasteiger partial charge in [0.25, 0.3) is 5.91 Å². The molecule has 3 aromatic carbocycles. The predicted molar refractivity (Wildman–Crippen MR) is 170 cm³/mol. The molecule has 42 heavy (non-hydrogen) atoms. The zero-order valence-corrected chi connectivity index (χ0v) is 25.8. The Morgan fingerprint density at radius 1 is 0.952 bits per heavy atom. The van der Waals surface area contributed by atoms with Gasteiger partial charge in [-0.3, -0.25) is 9.36 Å². The topological polar surface area (TPSA) is 90.6 Å². The van der Waals surface area contributed by atoms with Gasteiger partial charge in [0.05, 0.1) is 25.7 Å². The zero-order valence-electron chi connectivity index (χ0n) is 25.0. The van der Waals surface area contributed by atoms with E-state index >= 15 is 0 Å². The smallest absolute Gasteiger partial charge is 0.250 e. The maximum absolute atomic E-state index is 12.6. The van der Waals surface area contributed by atoms with E-state index in [4.69, 9.17) is 9.47 Å². The van der Waals surface area contributed by atoms with Crippen LogP contribution in [0, 0.1) is 0 Å². The van der Waals surface area contributed by atoms with Gasteiger partial charge >= 0.3 is 0 Å². The number of hydrogen-bond donors (Lipinski definition) is 1. The van der Waals surface area contributed by atoms with Crippen LogP contribution in [-0.4, -0.2) is 46.4 Å². The van der Waals surface area contributed by atoms with E-state index < -0.39 is 0 Å². The van der Waals surface area contributed by atoms with Gasteiger partial charge in [-0.25, -0.2) is 5.43 Å². The summed E-state index contributed by atoms with van der Waals surface area (Å²) in [6, 6.07) is 23.7. The van der Waals surface area contributed by atoms with Gasteiger partial charge in [0.2, 0.25) is 0 Å². The molecule has 0 spiro atoms. The van der Waals surface area contributed by atoms with E-state index in [1.54, 1.807) is 13.3 Å². The number of hydrogen-bond acceptors (Lipinski definition) is 7. The second kappa shape index (κ2) is 14.7. The van der Waals surface area contributed by atoms with Crippen LogP contribution in [0.5, 0.6) is 11.5 Å². The molecule has 4 rings (SSSR count). The van der Waals surface area contributed by atoms with Crippen LogP contribution in [-0.2, 0) is 10.2 Å². The van der Waals surface area contributed by atoms with Crippen LogP contribution in [0.15, 0.2) is 83.1 Å². The second-order valence-electron chi connectivity index (χ2n) is 10.9. The van der Waals surface area contributed by atoms with Gasteiger partial charge in [0.15, 0.2) is 11.0 Å². The summed E-state index contributed by atoms with van der Waals surface area (Å²) in [4.78, 5) is 12.6. The summed E-state index contributed by atoms with van der Waals surface area (Å²) in [5.74, 6) is 2.16. The first-order chi connectivity index (χ1) is 20.3. The molecule has 0 atom stereocenters. The van der Waals surface area contributed by atoms with Gasteiger partial charge in [-0.15, -0.1) is 10.2 Å². The van der Waals surface area contributed by atoms with Gasteiger partial charge in [-0.05, 0) is 71.5 Å². The van der Waals surface area contributed by atoms with Crippen molar-refractivity contribution < 1.29 is 14.3 Å². The van der Waals surface area contributed by atoms with Crippen LogP contribution >= 0.6 is 11.8 Å². The third kappa shape index (κ3) is 8.45. The molecule has 9 heteroatoms. The Labute approximate surface area is 252 Å². The highest BCUT2D eigenvalue weighted by Gasteiger charge is 2.19. The maximum atomic E-state index is 12.6. The second-order valence-corrected chi connectivity index (χ2v) is 11.8. The van der Waals surface area contributed by atoms with Gasteiger partial charge in [-0.2, -0.15) is 5.10 Å². The molecule has 1 N–H and O–H groups in total. The van der Waals surface area contributed by atoms with Crippen molar-refractivity contribution in [1.82, 2.24) is 20.2 Å². The largest absolute Gasteiger partial charge is 0.497 e. The molecule has 1 aromatic heterocycles. The number of nitrogens with zero attached hydrogens (tertiary/aromatic N) is 4. The predicted octanol–water partition coefficient (Wildman–Crippen LogP) is 7.05. The summed E-state index contributed by atoms with van der Waals surface area (Å²) in [5.41, 5.74) is 6.56. The fourth-order valence-electron chi connectivity index (χ4n) is 4.17. The number of hydrazone groups is 1. The SMILES string of the molecule is CCCCCOc1ccc(/C=N\NC(=O)CSc2nnc(-c3ccc(C(C)(C)C)cc3)n2-c2ccc(OC)cc2)cc1. The molecular weight excluding hydrogens is 546 g/mol. The van der Waals surface area contributed by atoms with E-state index in [1.165, 1.54) is 23.7 Å². The van der Waals surface area contributed by atoms with Gasteiger partial charge in [0.1, 0.15) is 11.5 Å². The lowest BCUT2D eigenvalue weighted by Gasteiger charge is -2.19. The first-order valence-electron chi connectivity index (χ1n) is 14.2. The molecule has 1 amide bonds. The Bertz CT molecular complexity index is 1460. The van der Waals surface area contributed by atoms with E-state index in [9.17, 15) is 4.79 Å². The molecule has 0 saturated heterocycles. The molecule has 0 unspecified atom stereocenters. The minimum atomic E-state index is -0.243. The minimum Gasteiger partial charge on any atom is -0.497 e. The highest BCUT2D eigenvalue weighted by molar-refractivity contribution is 7.99. The molecule has 4 aromatic rings. The van der Waals surface area contributed by atoms with Crippen molar-refractivity contribution in [2.24, 2.45) is 5.10 Å². The summed E-state index contributed by atoms with van der Waals surface area (Å²) in [5, 5.41) is 13.7. The van der Waals surface area contributed by atoms with E-state index in [2.05, 4.69) is 72.7 Å². The average Bonchev–Trinajstić information content (AvgIpc) is 3.42. The van der Waals surface area contributed by atoms with Crippen LogP contribution in [0.1, 0.15) is 58.1 Å². The van der Waals surface area contributed by atoms with Crippen molar-refractivity contribution in [1.29, 1.82) is 0 Å². The van der Waals surface area contributed by atoms with Crippen molar-refractivity contribution in [2.75, 3.05) is 19.5 Å². The number of unbranched alkanes of at least 4 members (excludes halogenated alkanes) is 2. The van der Waals surface area contributed by atoms with Crippen molar-refractivity contribution in [2.45, 2.75) is 57.5 Å². The van der Waals surface area contributed by atoms with Crippen LogP contribution in [0.2, 0.25) is 0 Å². The molecule has 0 saturated carbocycles. The van der Waals surface area contributed by atoms with Crippen LogP contribution in [0.4, 0.5) is 0 Å². The molecular formula is C33H39N5O3S. The number of carbonyl (C=O) groups excluding carboxylic acids is 1. The highest BCUT2D eigenvalue weighted by Crippen LogP contribution is 2.30. The normalized spacial score (nSPS) is 11.5. The standard InChI is InChI=1S/C33H39N5O3S/c1-6-7-8-21-41-29-17-9-24(10-18-29)22-34-35-30(39)23-42-32-37-36-31(25-11-13-26(14-12-25)33(2,3)4)38(32)27-15-19-28(40-5)20-16-27/h9-20,22H,6-8,21,23H2,1-5H3,(H,35,39)/b34-22-. The number of ether oxygens (including phenoxy) is 2. The van der Waals surface area contributed by atoms with Gasteiger partial charge < -0.3 is 9.47 Å². The number of rotatable bonds is 13. The molecule has 0 aliphatic rings. The summed E-state index contributed by atoms with van der Waals surface area (Å²) < 4.78 is 13.0. The summed E-state index contributed by atoms with van der Waals surface area (Å²) >= 11 is 1.30.